The number of rotatable bonds is 5. The molecule has 0 spiro atoms. The van der Waals surface area contributed by atoms with Crippen LogP contribution in [0.5, 0.6) is 0 Å². The molecule has 0 aliphatic carbocycles. The van der Waals surface area contributed by atoms with E-state index < -0.39 is 0 Å². The molecule has 16 heavy (non-hydrogen) atoms. The molecule has 0 unspecified atom stereocenters. The first-order valence-electron chi connectivity index (χ1n) is 5.07. The number of nitrogens with one attached hydrogen (secondary N) is 2. The van der Waals surface area contributed by atoms with Crippen molar-refractivity contribution in [3.8, 4) is 0 Å². The Morgan fingerprint density at radius 2 is 2.44 bits per heavy atom. The van der Waals surface area contributed by atoms with E-state index in [1.54, 1.807) is 0 Å². The lowest BCUT2D eigenvalue weighted by Gasteiger charge is -2.01. The Balaban J connectivity index is 1.71. The van der Waals surface area contributed by atoms with Crippen molar-refractivity contribution >= 4 is 22.6 Å². The molecular weight excluding hydrogens is 224 g/mol. The third kappa shape index (κ3) is 2.69. The Morgan fingerprint density at radius 1 is 1.56 bits per heavy atom. The smallest absolute Gasteiger partial charge is 0.233 e. The fraction of sp³-hybridized carbons (Fsp3) is 0.444. The topological polar surface area (TPSA) is 92.5 Å². The summed E-state index contributed by atoms with van der Waals surface area (Å²) in [6, 6.07) is 0. The number of aromatic amines is 1. The number of nitrogens with two attached hydrogens (primary N) is 1. The van der Waals surface area contributed by atoms with E-state index in [1.807, 2.05) is 13.1 Å². The number of anilines is 2. The van der Waals surface area contributed by atoms with Crippen LogP contribution in [0.25, 0.3) is 0 Å². The molecule has 0 aromatic carbocycles. The van der Waals surface area contributed by atoms with Crippen LogP contribution >= 0.6 is 11.5 Å². The Hall–Kier alpha value is -1.63. The zero-order valence-corrected chi connectivity index (χ0v) is 9.84. The van der Waals surface area contributed by atoms with Crippen LogP contribution in [0.15, 0.2) is 6.20 Å². The summed E-state index contributed by atoms with van der Waals surface area (Å²) in [7, 11) is 0. The van der Waals surface area contributed by atoms with Crippen molar-refractivity contribution in [2.24, 2.45) is 0 Å². The molecule has 86 valence electrons. The summed E-state index contributed by atoms with van der Waals surface area (Å²) in [6.07, 6.45) is 3.90. The van der Waals surface area contributed by atoms with Gasteiger partial charge in [0.15, 0.2) is 0 Å². The van der Waals surface area contributed by atoms with Crippen molar-refractivity contribution in [2.45, 2.75) is 19.8 Å². The second kappa shape index (κ2) is 4.93. The number of nitrogen functional groups attached to an aromatic ring is 1. The molecule has 7 heteroatoms. The highest BCUT2D eigenvalue weighted by molar-refractivity contribution is 7.09. The summed E-state index contributed by atoms with van der Waals surface area (Å²) in [5.74, 6) is 0.332. The molecule has 2 aromatic rings. The first kappa shape index (κ1) is 10.9. The predicted octanol–water partition coefficient (Wildman–Crippen LogP) is 1.20. The first-order valence-corrected chi connectivity index (χ1v) is 5.85. The molecule has 0 fully saturated rings. The zero-order valence-electron chi connectivity index (χ0n) is 9.03. The average Bonchev–Trinajstić information content (AvgIpc) is 2.83. The highest BCUT2D eigenvalue weighted by Crippen LogP contribution is 2.12. The number of aryl methyl sites for hydroxylation is 2. The summed E-state index contributed by atoms with van der Waals surface area (Å²) in [6.45, 7) is 2.89. The van der Waals surface area contributed by atoms with Crippen molar-refractivity contribution in [2.75, 3.05) is 17.6 Å². The second-order valence-electron chi connectivity index (χ2n) is 3.51. The summed E-state index contributed by atoms with van der Waals surface area (Å²) in [4.78, 5) is 4.02. The van der Waals surface area contributed by atoms with Gasteiger partial charge in [-0.1, -0.05) is 0 Å². The van der Waals surface area contributed by atoms with Crippen LogP contribution in [0.1, 0.15) is 17.7 Å². The standard InChI is InChI=1S/C9H14N6S/c1-6-7(5-12-14-6)3-2-4-11-9-13-8(10)15-16-9/h5H,2-4H2,1H3,(H,12,14)(H3,10,11,13,15). The van der Waals surface area contributed by atoms with Crippen molar-refractivity contribution < 1.29 is 0 Å². The molecule has 0 saturated carbocycles. The van der Waals surface area contributed by atoms with Gasteiger partial charge in [-0.2, -0.15) is 14.5 Å². The largest absolute Gasteiger partial charge is 0.367 e. The highest BCUT2D eigenvalue weighted by Gasteiger charge is 2.01. The van der Waals surface area contributed by atoms with Crippen LogP contribution in [-0.4, -0.2) is 26.1 Å². The van der Waals surface area contributed by atoms with Gasteiger partial charge in [0.25, 0.3) is 0 Å². The molecule has 0 saturated heterocycles. The van der Waals surface area contributed by atoms with Crippen LogP contribution in [-0.2, 0) is 6.42 Å². The third-order valence-corrected chi connectivity index (χ3v) is 2.96. The lowest BCUT2D eigenvalue weighted by atomic mass is 10.1. The molecule has 0 radical (unpaired) electrons. The predicted molar refractivity (Wildman–Crippen MR) is 64.5 cm³/mol. The molecule has 2 heterocycles. The Kier molecular flexibility index (Phi) is 3.35. The van der Waals surface area contributed by atoms with E-state index in [2.05, 4.69) is 24.9 Å². The number of H-pyrrole nitrogens is 1. The molecule has 6 nitrogen and oxygen atoms in total. The van der Waals surface area contributed by atoms with E-state index in [4.69, 9.17) is 5.73 Å². The van der Waals surface area contributed by atoms with Crippen LogP contribution in [0.4, 0.5) is 11.1 Å². The minimum absolute atomic E-state index is 0.332. The maximum atomic E-state index is 5.42. The molecule has 4 N–H and O–H groups in total. The fourth-order valence-electron chi connectivity index (χ4n) is 1.41. The maximum Gasteiger partial charge on any atom is 0.233 e. The third-order valence-electron chi connectivity index (χ3n) is 2.28. The maximum absolute atomic E-state index is 5.42. The summed E-state index contributed by atoms with van der Waals surface area (Å²) >= 11 is 1.28. The van der Waals surface area contributed by atoms with Crippen molar-refractivity contribution in [3.05, 3.63) is 17.5 Å². The van der Waals surface area contributed by atoms with Gasteiger partial charge in [-0.3, -0.25) is 5.10 Å². The number of hydrogen-bond acceptors (Lipinski definition) is 6. The Bertz CT molecular complexity index is 448. The SMILES string of the molecule is Cc1[nH]ncc1CCCNc1nc(N)ns1. The normalized spacial score (nSPS) is 10.6. The molecule has 0 atom stereocenters. The Morgan fingerprint density at radius 3 is 3.06 bits per heavy atom. The minimum Gasteiger partial charge on any atom is -0.367 e. The van der Waals surface area contributed by atoms with Gasteiger partial charge >= 0.3 is 0 Å². The van der Waals surface area contributed by atoms with Crippen molar-refractivity contribution in [1.29, 1.82) is 0 Å². The van der Waals surface area contributed by atoms with E-state index in [0.29, 0.717) is 5.95 Å². The Labute approximate surface area is 97.5 Å². The molecule has 0 bridgehead atoms. The minimum atomic E-state index is 0.332. The van der Waals surface area contributed by atoms with E-state index in [0.717, 1.165) is 30.2 Å². The monoisotopic (exact) mass is 238 g/mol. The molecule has 2 rings (SSSR count). The van der Waals surface area contributed by atoms with Gasteiger partial charge in [0.1, 0.15) is 0 Å². The van der Waals surface area contributed by atoms with Crippen LogP contribution < -0.4 is 11.1 Å². The number of hydrogen-bond donors (Lipinski definition) is 3. The molecule has 2 aromatic heterocycles. The van der Waals surface area contributed by atoms with E-state index >= 15 is 0 Å². The van der Waals surface area contributed by atoms with Crippen LogP contribution in [0.2, 0.25) is 0 Å². The number of aromatic nitrogens is 4. The summed E-state index contributed by atoms with van der Waals surface area (Å²) in [5, 5.41) is 10.9. The van der Waals surface area contributed by atoms with Crippen molar-refractivity contribution in [3.63, 3.8) is 0 Å². The fourth-order valence-corrected chi connectivity index (χ4v) is 1.93. The van der Waals surface area contributed by atoms with Crippen LogP contribution in [0, 0.1) is 6.92 Å². The molecule has 0 aliphatic heterocycles. The number of nitrogens with zero attached hydrogens (tertiary/aromatic N) is 3. The van der Waals surface area contributed by atoms with Gasteiger partial charge in [0.2, 0.25) is 11.1 Å². The van der Waals surface area contributed by atoms with Gasteiger partial charge in [0, 0.05) is 23.8 Å². The van der Waals surface area contributed by atoms with Gasteiger partial charge in [-0.15, -0.1) is 0 Å². The van der Waals surface area contributed by atoms with E-state index in [9.17, 15) is 0 Å². The van der Waals surface area contributed by atoms with Gasteiger partial charge in [-0.05, 0) is 25.3 Å². The van der Waals surface area contributed by atoms with Crippen molar-refractivity contribution in [1.82, 2.24) is 19.6 Å². The summed E-state index contributed by atoms with van der Waals surface area (Å²) < 4.78 is 3.89. The zero-order chi connectivity index (χ0) is 11.4. The highest BCUT2D eigenvalue weighted by atomic mass is 32.1. The van der Waals surface area contributed by atoms with Gasteiger partial charge < -0.3 is 11.1 Å². The van der Waals surface area contributed by atoms with E-state index in [-0.39, 0.29) is 0 Å². The average molecular weight is 238 g/mol. The van der Waals surface area contributed by atoms with E-state index in [1.165, 1.54) is 17.1 Å². The second-order valence-corrected chi connectivity index (χ2v) is 4.26. The van der Waals surface area contributed by atoms with Crippen LogP contribution in [0.3, 0.4) is 0 Å². The summed E-state index contributed by atoms with van der Waals surface area (Å²) in [5.41, 5.74) is 7.82. The first-order chi connectivity index (χ1) is 7.75. The quantitative estimate of drug-likeness (QED) is 0.681. The molecular formula is C9H14N6S. The van der Waals surface area contributed by atoms with Gasteiger partial charge in [0.05, 0.1) is 6.20 Å². The lowest BCUT2D eigenvalue weighted by molar-refractivity contribution is 0.856. The van der Waals surface area contributed by atoms with Gasteiger partial charge in [-0.25, -0.2) is 0 Å². The molecule has 0 amide bonds. The molecule has 0 aliphatic rings. The lowest BCUT2D eigenvalue weighted by Crippen LogP contribution is -2.03.